The molecule has 2 fully saturated rings. The molecule has 0 spiro atoms. The highest BCUT2D eigenvalue weighted by molar-refractivity contribution is 5.29. The van der Waals surface area contributed by atoms with Gasteiger partial charge in [0.05, 0.1) is 0 Å². The van der Waals surface area contributed by atoms with E-state index in [0.717, 1.165) is 25.4 Å². The van der Waals surface area contributed by atoms with Crippen molar-refractivity contribution in [2.24, 2.45) is 0 Å². The maximum Gasteiger partial charge on any atom is 0.124 e. The van der Waals surface area contributed by atoms with E-state index >= 15 is 0 Å². The number of likely N-dealkylation sites (tertiary alicyclic amines) is 1. The molecule has 98 valence electrons. The first-order valence-corrected chi connectivity index (χ1v) is 7.00. The maximum absolute atomic E-state index is 5.90. The lowest BCUT2D eigenvalue weighted by molar-refractivity contribution is 0.0388. The third-order valence-electron chi connectivity index (χ3n) is 3.93. The van der Waals surface area contributed by atoms with Crippen LogP contribution in [0.1, 0.15) is 30.9 Å². The minimum absolute atomic E-state index is 0.383. The minimum atomic E-state index is 0.383. The predicted octanol–water partition coefficient (Wildman–Crippen LogP) is 2.19. The number of ether oxygens (including phenoxy) is 1. The third-order valence-corrected chi connectivity index (χ3v) is 3.93. The molecule has 0 radical (unpaired) electrons. The number of likely N-dealkylation sites (N-methyl/N-ethyl adjacent to an activating group) is 1. The summed E-state index contributed by atoms with van der Waals surface area (Å²) < 4.78 is 5.90. The standard InChI is InChI=1S/C15H22N2O/c1-17-10-14(11-17)18-13-7-5-12(6-8-13)15-4-2-3-9-16-15/h5-8,14-16H,2-4,9-11H2,1H3. The van der Waals surface area contributed by atoms with Gasteiger partial charge in [-0.05, 0) is 44.1 Å². The van der Waals surface area contributed by atoms with E-state index in [0.29, 0.717) is 12.1 Å². The highest BCUT2D eigenvalue weighted by Crippen LogP contribution is 2.25. The van der Waals surface area contributed by atoms with E-state index in [4.69, 9.17) is 4.74 Å². The molecule has 0 bridgehead atoms. The van der Waals surface area contributed by atoms with Crippen molar-refractivity contribution in [2.45, 2.75) is 31.4 Å². The van der Waals surface area contributed by atoms with Crippen molar-refractivity contribution in [3.05, 3.63) is 29.8 Å². The second-order valence-electron chi connectivity index (χ2n) is 5.53. The second-order valence-corrected chi connectivity index (χ2v) is 5.53. The van der Waals surface area contributed by atoms with Crippen LogP contribution in [0.15, 0.2) is 24.3 Å². The van der Waals surface area contributed by atoms with Crippen molar-refractivity contribution in [1.82, 2.24) is 10.2 Å². The summed E-state index contributed by atoms with van der Waals surface area (Å²) in [7, 11) is 2.12. The van der Waals surface area contributed by atoms with Gasteiger partial charge < -0.3 is 10.1 Å². The van der Waals surface area contributed by atoms with Crippen molar-refractivity contribution in [2.75, 3.05) is 26.7 Å². The number of nitrogens with zero attached hydrogens (tertiary/aromatic N) is 1. The van der Waals surface area contributed by atoms with E-state index in [1.807, 2.05) is 0 Å². The van der Waals surface area contributed by atoms with E-state index in [1.54, 1.807) is 0 Å². The van der Waals surface area contributed by atoms with Gasteiger partial charge in [0.15, 0.2) is 0 Å². The zero-order valence-corrected chi connectivity index (χ0v) is 11.1. The summed E-state index contributed by atoms with van der Waals surface area (Å²) in [4.78, 5) is 2.27. The number of rotatable bonds is 3. The Morgan fingerprint density at radius 1 is 1.17 bits per heavy atom. The van der Waals surface area contributed by atoms with E-state index in [2.05, 4.69) is 41.5 Å². The molecule has 0 amide bonds. The number of hydrogen-bond acceptors (Lipinski definition) is 3. The van der Waals surface area contributed by atoms with Crippen LogP contribution in [0.5, 0.6) is 5.75 Å². The smallest absolute Gasteiger partial charge is 0.124 e. The van der Waals surface area contributed by atoms with Gasteiger partial charge in [-0.25, -0.2) is 0 Å². The van der Waals surface area contributed by atoms with Crippen LogP contribution in [-0.2, 0) is 0 Å². The van der Waals surface area contributed by atoms with E-state index in [9.17, 15) is 0 Å². The molecule has 3 nitrogen and oxygen atoms in total. The van der Waals surface area contributed by atoms with Crippen molar-refractivity contribution in [3.63, 3.8) is 0 Å². The molecule has 0 saturated carbocycles. The van der Waals surface area contributed by atoms with Crippen LogP contribution in [-0.4, -0.2) is 37.7 Å². The third kappa shape index (κ3) is 2.68. The molecule has 3 rings (SSSR count). The number of nitrogens with one attached hydrogen (secondary N) is 1. The summed E-state index contributed by atoms with van der Waals surface area (Å²) in [6.07, 6.45) is 4.29. The average molecular weight is 246 g/mol. The monoisotopic (exact) mass is 246 g/mol. The van der Waals surface area contributed by atoms with Gasteiger partial charge in [-0.15, -0.1) is 0 Å². The lowest BCUT2D eigenvalue weighted by Crippen LogP contribution is -2.51. The van der Waals surface area contributed by atoms with Gasteiger partial charge >= 0.3 is 0 Å². The van der Waals surface area contributed by atoms with Gasteiger partial charge in [0, 0.05) is 19.1 Å². The Morgan fingerprint density at radius 3 is 2.56 bits per heavy atom. The van der Waals surface area contributed by atoms with E-state index in [1.165, 1.54) is 24.8 Å². The van der Waals surface area contributed by atoms with Crippen LogP contribution in [0.25, 0.3) is 0 Å². The normalized spacial score (nSPS) is 25.7. The molecule has 2 aliphatic rings. The van der Waals surface area contributed by atoms with Gasteiger partial charge in [-0.1, -0.05) is 18.6 Å². The Labute approximate surface area is 109 Å². The Hall–Kier alpha value is -1.06. The first-order chi connectivity index (χ1) is 8.81. The van der Waals surface area contributed by atoms with E-state index < -0.39 is 0 Å². The fourth-order valence-corrected chi connectivity index (χ4v) is 2.82. The first-order valence-electron chi connectivity index (χ1n) is 7.00. The second kappa shape index (κ2) is 5.29. The highest BCUT2D eigenvalue weighted by atomic mass is 16.5. The van der Waals surface area contributed by atoms with Gasteiger partial charge in [0.25, 0.3) is 0 Å². The summed E-state index contributed by atoms with van der Waals surface area (Å²) >= 11 is 0. The molecule has 2 heterocycles. The fraction of sp³-hybridized carbons (Fsp3) is 0.600. The quantitative estimate of drug-likeness (QED) is 0.885. The zero-order valence-electron chi connectivity index (χ0n) is 11.1. The molecule has 1 atom stereocenters. The Bertz CT molecular complexity index is 378. The molecule has 1 aromatic rings. The van der Waals surface area contributed by atoms with Crippen molar-refractivity contribution < 1.29 is 4.74 Å². The van der Waals surface area contributed by atoms with Crippen molar-refractivity contribution in [3.8, 4) is 5.75 Å². The molecule has 1 aromatic carbocycles. The molecule has 2 saturated heterocycles. The molecule has 3 heteroatoms. The van der Waals surface area contributed by atoms with Gasteiger partial charge in [-0.3, -0.25) is 4.90 Å². The Morgan fingerprint density at radius 2 is 1.94 bits per heavy atom. The van der Waals surface area contributed by atoms with Crippen LogP contribution in [0.4, 0.5) is 0 Å². The lowest BCUT2D eigenvalue weighted by Gasteiger charge is -2.36. The van der Waals surface area contributed by atoms with E-state index in [-0.39, 0.29) is 0 Å². The topological polar surface area (TPSA) is 24.5 Å². The first kappa shape index (κ1) is 12.0. The lowest BCUT2D eigenvalue weighted by atomic mass is 9.97. The number of hydrogen-bond donors (Lipinski definition) is 1. The van der Waals surface area contributed by atoms with Crippen molar-refractivity contribution in [1.29, 1.82) is 0 Å². The largest absolute Gasteiger partial charge is 0.488 e. The summed E-state index contributed by atoms with van der Waals surface area (Å²) in [5.41, 5.74) is 1.40. The SMILES string of the molecule is CN1CC(Oc2ccc(C3CCCCN3)cc2)C1. The van der Waals surface area contributed by atoms with Crippen LogP contribution >= 0.6 is 0 Å². The molecular weight excluding hydrogens is 224 g/mol. The highest BCUT2D eigenvalue weighted by Gasteiger charge is 2.24. The van der Waals surface area contributed by atoms with Crippen LogP contribution in [0, 0.1) is 0 Å². The zero-order chi connectivity index (χ0) is 12.4. The van der Waals surface area contributed by atoms with Crippen LogP contribution in [0.3, 0.4) is 0 Å². The summed E-state index contributed by atoms with van der Waals surface area (Å²) in [5, 5.41) is 3.58. The summed E-state index contributed by atoms with van der Waals surface area (Å²) in [6.45, 7) is 3.25. The molecule has 2 aliphatic heterocycles. The van der Waals surface area contributed by atoms with Crippen molar-refractivity contribution >= 4 is 0 Å². The minimum Gasteiger partial charge on any atom is -0.488 e. The van der Waals surface area contributed by atoms with Gasteiger partial charge in [-0.2, -0.15) is 0 Å². The molecule has 0 aliphatic carbocycles. The molecule has 1 N–H and O–H groups in total. The van der Waals surface area contributed by atoms with Crippen LogP contribution < -0.4 is 10.1 Å². The molecule has 0 aromatic heterocycles. The Kier molecular flexibility index (Phi) is 3.52. The summed E-state index contributed by atoms with van der Waals surface area (Å²) in [5.74, 6) is 1.01. The van der Waals surface area contributed by atoms with Gasteiger partial charge in [0.2, 0.25) is 0 Å². The van der Waals surface area contributed by atoms with Crippen LogP contribution in [0.2, 0.25) is 0 Å². The summed E-state index contributed by atoms with van der Waals surface area (Å²) in [6, 6.07) is 9.19. The molecule has 1 unspecified atom stereocenters. The number of piperidine rings is 1. The predicted molar refractivity (Wildman–Crippen MR) is 72.9 cm³/mol. The number of benzene rings is 1. The Balaban J connectivity index is 1.58. The molecule has 18 heavy (non-hydrogen) atoms. The van der Waals surface area contributed by atoms with Gasteiger partial charge in [0.1, 0.15) is 11.9 Å². The maximum atomic E-state index is 5.90. The average Bonchev–Trinajstić information content (AvgIpc) is 2.39. The fourth-order valence-electron chi connectivity index (χ4n) is 2.82. The molecular formula is C15H22N2O.